The number of thiazole rings is 1. The van der Waals surface area contributed by atoms with Crippen LogP contribution in [0.25, 0.3) is 0 Å². The Bertz CT molecular complexity index is 1590. The fourth-order valence-corrected chi connectivity index (χ4v) is 6.22. The summed E-state index contributed by atoms with van der Waals surface area (Å²) in [6.45, 7) is -1.56. The van der Waals surface area contributed by atoms with Gasteiger partial charge in [0.05, 0.1) is 24.1 Å². The minimum Gasteiger partial charge on any atom is -0.342 e. The lowest BCUT2D eigenvalue weighted by Crippen LogP contribution is -2.43. The molecule has 0 spiro atoms. The SMILES string of the molecule is N#C[C@@H]1CC(F)(F)CN1C(=O)CNC(=O)c1csc(CS(=O)(=O)c2ccc(C(=O)Nc3ccc(F)cc3)cc2)n1. The summed E-state index contributed by atoms with van der Waals surface area (Å²) in [5, 5.41) is 15.2. The fourth-order valence-electron chi connectivity index (χ4n) is 3.82. The molecule has 1 atom stereocenters. The summed E-state index contributed by atoms with van der Waals surface area (Å²) < 4.78 is 65.8. The van der Waals surface area contributed by atoms with Gasteiger partial charge in [-0.05, 0) is 48.5 Å². The van der Waals surface area contributed by atoms with Gasteiger partial charge in [0.1, 0.15) is 28.3 Å². The number of nitrogens with one attached hydrogen (secondary N) is 2. The van der Waals surface area contributed by atoms with Crippen molar-refractivity contribution < 1.29 is 36.0 Å². The number of hydrogen-bond donors (Lipinski definition) is 2. The fraction of sp³-hybridized carbons (Fsp3) is 0.240. The van der Waals surface area contributed by atoms with Gasteiger partial charge in [-0.2, -0.15) is 5.26 Å². The van der Waals surface area contributed by atoms with Crippen molar-refractivity contribution in [2.45, 2.75) is 29.0 Å². The molecule has 1 saturated heterocycles. The van der Waals surface area contributed by atoms with Gasteiger partial charge in [0.15, 0.2) is 9.84 Å². The number of sulfone groups is 1. The molecule has 2 N–H and O–H groups in total. The molecule has 3 aromatic rings. The van der Waals surface area contributed by atoms with E-state index in [9.17, 15) is 36.0 Å². The summed E-state index contributed by atoms with van der Waals surface area (Å²) in [6, 6.07) is 10.6. The van der Waals surface area contributed by atoms with Gasteiger partial charge >= 0.3 is 0 Å². The van der Waals surface area contributed by atoms with Gasteiger partial charge in [-0.1, -0.05) is 0 Å². The highest BCUT2D eigenvalue weighted by Gasteiger charge is 2.47. The highest BCUT2D eigenvalue weighted by Crippen LogP contribution is 2.31. The van der Waals surface area contributed by atoms with Gasteiger partial charge in [-0.25, -0.2) is 26.6 Å². The van der Waals surface area contributed by atoms with E-state index in [-0.39, 0.29) is 21.2 Å². The predicted octanol–water partition coefficient (Wildman–Crippen LogP) is 3.00. The third kappa shape index (κ3) is 6.82. The molecule has 15 heteroatoms. The maximum atomic E-state index is 13.5. The van der Waals surface area contributed by atoms with Gasteiger partial charge in [0.25, 0.3) is 17.7 Å². The highest BCUT2D eigenvalue weighted by atomic mass is 32.2. The van der Waals surface area contributed by atoms with E-state index >= 15 is 0 Å². The molecule has 0 unspecified atom stereocenters. The highest BCUT2D eigenvalue weighted by molar-refractivity contribution is 7.90. The molecule has 4 rings (SSSR count). The predicted molar refractivity (Wildman–Crippen MR) is 137 cm³/mol. The number of aromatic nitrogens is 1. The number of carbonyl (C=O) groups is 3. The van der Waals surface area contributed by atoms with E-state index < -0.39 is 70.6 Å². The van der Waals surface area contributed by atoms with Crippen LogP contribution >= 0.6 is 11.3 Å². The van der Waals surface area contributed by atoms with Crippen molar-refractivity contribution in [2.75, 3.05) is 18.4 Å². The number of anilines is 1. The van der Waals surface area contributed by atoms with E-state index in [1.807, 2.05) is 0 Å². The minimum absolute atomic E-state index is 0.0818. The zero-order chi connectivity index (χ0) is 29.1. The molecule has 10 nitrogen and oxygen atoms in total. The molecule has 0 bridgehead atoms. The summed E-state index contributed by atoms with van der Waals surface area (Å²) >= 11 is 0.894. The van der Waals surface area contributed by atoms with E-state index in [2.05, 4.69) is 15.6 Å². The number of carbonyl (C=O) groups excluding carboxylic acids is 3. The Balaban J connectivity index is 1.33. The number of nitrogens with zero attached hydrogens (tertiary/aromatic N) is 3. The van der Waals surface area contributed by atoms with E-state index in [0.29, 0.717) is 10.6 Å². The first-order valence-corrected chi connectivity index (χ1v) is 14.1. The number of rotatable bonds is 8. The molecule has 2 heterocycles. The Kier molecular flexibility index (Phi) is 8.21. The molecule has 0 saturated carbocycles. The average Bonchev–Trinajstić information content (AvgIpc) is 3.51. The quantitative estimate of drug-likeness (QED) is 0.409. The van der Waals surface area contributed by atoms with E-state index in [1.165, 1.54) is 53.9 Å². The molecule has 0 aliphatic carbocycles. The zero-order valence-electron chi connectivity index (χ0n) is 20.4. The number of hydrogen-bond acceptors (Lipinski definition) is 8. The van der Waals surface area contributed by atoms with Crippen LogP contribution in [0.15, 0.2) is 58.8 Å². The summed E-state index contributed by atoms with van der Waals surface area (Å²) in [7, 11) is -3.91. The van der Waals surface area contributed by atoms with Crippen LogP contribution in [-0.4, -0.2) is 61.1 Å². The monoisotopic (exact) mass is 591 g/mol. The first kappa shape index (κ1) is 28.7. The maximum Gasteiger partial charge on any atom is 0.271 e. The van der Waals surface area contributed by atoms with Crippen LogP contribution in [0.1, 0.15) is 32.3 Å². The van der Waals surface area contributed by atoms with E-state index in [0.717, 1.165) is 11.3 Å². The molecular formula is C25H20F3N5O5S2. The number of likely N-dealkylation sites (tertiary alicyclic amines) is 1. The second kappa shape index (κ2) is 11.4. The molecule has 1 aromatic heterocycles. The molecule has 3 amide bonds. The average molecular weight is 592 g/mol. The number of benzene rings is 2. The van der Waals surface area contributed by atoms with Crippen molar-refractivity contribution >= 4 is 44.6 Å². The third-order valence-corrected chi connectivity index (χ3v) is 8.49. The minimum atomic E-state index is -3.91. The van der Waals surface area contributed by atoms with Crippen LogP contribution in [0.5, 0.6) is 0 Å². The Morgan fingerprint density at radius 2 is 1.77 bits per heavy atom. The summed E-state index contributed by atoms with van der Waals surface area (Å²) in [6.07, 6.45) is -0.779. The number of alkyl halides is 2. The number of halogens is 3. The van der Waals surface area contributed by atoms with Gasteiger partial charge in [-0.3, -0.25) is 14.4 Å². The van der Waals surface area contributed by atoms with Crippen molar-refractivity contribution in [3.63, 3.8) is 0 Å². The second-order valence-corrected chi connectivity index (χ2v) is 11.7. The van der Waals surface area contributed by atoms with Crippen LogP contribution in [0, 0.1) is 17.1 Å². The van der Waals surface area contributed by atoms with Gasteiger partial charge < -0.3 is 15.5 Å². The largest absolute Gasteiger partial charge is 0.342 e. The van der Waals surface area contributed by atoms with Crippen molar-refractivity contribution in [3.8, 4) is 6.07 Å². The van der Waals surface area contributed by atoms with Gasteiger partial charge in [-0.15, -0.1) is 11.3 Å². The van der Waals surface area contributed by atoms with Crippen LogP contribution in [-0.2, 0) is 20.4 Å². The number of amides is 3. The molecule has 40 heavy (non-hydrogen) atoms. The Labute approximate surface area is 230 Å². The standard InChI is InChI=1S/C25H20F3N5O5S2/c26-16-3-5-17(6-4-16)31-23(35)15-1-7-19(8-2-15)40(37,38)13-21-32-20(12-39-21)24(36)30-11-22(34)33-14-25(27,28)9-18(33)10-29/h1-8,12,18H,9,11,13-14H2,(H,30,36)(H,31,35)/t18-/m0/s1. The third-order valence-electron chi connectivity index (χ3n) is 5.82. The molecular weight excluding hydrogens is 571 g/mol. The topological polar surface area (TPSA) is 149 Å². The summed E-state index contributed by atoms with van der Waals surface area (Å²) in [4.78, 5) is 41.6. The van der Waals surface area contributed by atoms with Crippen molar-refractivity contribution in [3.05, 3.63) is 76.0 Å². The second-order valence-electron chi connectivity index (χ2n) is 8.78. The first-order chi connectivity index (χ1) is 18.9. The molecule has 2 aromatic carbocycles. The summed E-state index contributed by atoms with van der Waals surface area (Å²) in [5.41, 5.74) is 0.365. The molecule has 1 aliphatic rings. The smallest absolute Gasteiger partial charge is 0.271 e. The lowest BCUT2D eigenvalue weighted by Gasteiger charge is -2.19. The Morgan fingerprint density at radius 3 is 2.42 bits per heavy atom. The van der Waals surface area contributed by atoms with Crippen molar-refractivity contribution in [1.29, 1.82) is 5.26 Å². The van der Waals surface area contributed by atoms with E-state index in [4.69, 9.17) is 5.26 Å². The van der Waals surface area contributed by atoms with Crippen LogP contribution < -0.4 is 10.6 Å². The Morgan fingerprint density at radius 1 is 1.10 bits per heavy atom. The van der Waals surface area contributed by atoms with Crippen molar-refractivity contribution in [1.82, 2.24) is 15.2 Å². The lowest BCUT2D eigenvalue weighted by molar-refractivity contribution is -0.131. The van der Waals surface area contributed by atoms with Crippen LogP contribution in [0.2, 0.25) is 0 Å². The van der Waals surface area contributed by atoms with Gasteiger partial charge in [0, 0.05) is 23.1 Å². The van der Waals surface area contributed by atoms with Crippen LogP contribution in [0.3, 0.4) is 0 Å². The zero-order valence-corrected chi connectivity index (χ0v) is 22.1. The summed E-state index contributed by atoms with van der Waals surface area (Å²) in [5.74, 6) is -6.39. The first-order valence-electron chi connectivity index (χ1n) is 11.6. The molecule has 208 valence electrons. The lowest BCUT2D eigenvalue weighted by atomic mass is 10.2. The molecule has 0 radical (unpaired) electrons. The normalized spacial score (nSPS) is 16.2. The molecule has 1 aliphatic heterocycles. The van der Waals surface area contributed by atoms with E-state index in [1.54, 1.807) is 6.07 Å². The Hall–Kier alpha value is -4.29. The van der Waals surface area contributed by atoms with Crippen molar-refractivity contribution in [2.24, 2.45) is 0 Å². The number of nitriles is 1. The molecule has 1 fully saturated rings. The van der Waals surface area contributed by atoms with Crippen LogP contribution in [0.4, 0.5) is 18.9 Å². The maximum absolute atomic E-state index is 13.5. The van der Waals surface area contributed by atoms with Gasteiger partial charge in [0.2, 0.25) is 5.91 Å².